The van der Waals surface area contributed by atoms with Crippen LogP contribution in [0.15, 0.2) is 48.5 Å². The van der Waals surface area contributed by atoms with Gasteiger partial charge >= 0.3 is 0 Å². The van der Waals surface area contributed by atoms with E-state index in [1.165, 1.54) is 22.3 Å². The largest absolute Gasteiger partial charge is 0.271 e. The minimum atomic E-state index is 0.153. The highest BCUT2D eigenvalue weighted by atomic mass is 15.2. The van der Waals surface area contributed by atoms with Crippen LogP contribution in [0.25, 0.3) is 0 Å². The third-order valence-corrected chi connectivity index (χ3v) is 3.73. The molecule has 0 aliphatic rings. The second-order valence-electron chi connectivity index (χ2n) is 5.73. The van der Waals surface area contributed by atoms with Crippen molar-refractivity contribution >= 4 is 0 Å². The average Bonchev–Trinajstić information content (AvgIpc) is 2.45. The molecule has 0 saturated carbocycles. The third-order valence-electron chi connectivity index (χ3n) is 3.73. The Labute approximate surface area is 122 Å². The Kier molecular flexibility index (Phi) is 4.94. The van der Waals surface area contributed by atoms with Crippen molar-refractivity contribution in [1.29, 1.82) is 0 Å². The monoisotopic (exact) mass is 268 g/mol. The second kappa shape index (κ2) is 6.69. The highest BCUT2D eigenvalue weighted by Crippen LogP contribution is 2.21. The lowest BCUT2D eigenvalue weighted by molar-refractivity contribution is 0.551. The summed E-state index contributed by atoms with van der Waals surface area (Å²) in [4.78, 5) is 0. The Morgan fingerprint density at radius 2 is 1.70 bits per heavy atom. The van der Waals surface area contributed by atoms with E-state index in [1.807, 2.05) is 0 Å². The van der Waals surface area contributed by atoms with Crippen LogP contribution in [0.3, 0.4) is 0 Å². The predicted octanol–water partition coefficient (Wildman–Crippen LogP) is 3.87. The molecular formula is C18H24N2. The maximum atomic E-state index is 5.73. The summed E-state index contributed by atoms with van der Waals surface area (Å²) in [5.41, 5.74) is 8.11. The van der Waals surface area contributed by atoms with Crippen molar-refractivity contribution in [1.82, 2.24) is 5.43 Å². The fourth-order valence-electron chi connectivity index (χ4n) is 2.43. The minimum Gasteiger partial charge on any atom is -0.271 e. The molecule has 0 saturated heterocycles. The molecule has 0 fully saturated rings. The molecule has 1 atom stereocenters. The van der Waals surface area contributed by atoms with E-state index in [2.05, 4.69) is 74.7 Å². The van der Waals surface area contributed by atoms with Crippen LogP contribution in [0.2, 0.25) is 0 Å². The van der Waals surface area contributed by atoms with Crippen molar-refractivity contribution in [2.45, 2.75) is 39.2 Å². The number of hydrazine groups is 1. The molecule has 0 radical (unpaired) electrons. The van der Waals surface area contributed by atoms with E-state index in [4.69, 9.17) is 5.84 Å². The molecule has 0 spiro atoms. The van der Waals surface area contributed by atoms with Gasteiger partial charge in [-0.1, -0.05) is 67.9 Å². The van der Waals surface area contributed by atoms with Gasteiger partial charge in [0.15, 0.2) is 0 Å². The number of nitrogens with two attached hydrogens (primary N) is 1. The van der Waals surface area contributed by atoms with Gasteiger partial charge in [0.05, 0.1) is 0 Å². The van der Waals surface area contributed by atoms with Crippen molar-refractivity contribution in [3.05, 3.63) is 70.8 Å². The molecule has 0 aliphatic carbocycles. The summed E-state index contributed by atoms with van der Waals surface area (Å²) < 4.78 is 0. The number of nitrogens with one attached hydrogen (secondary N) is 1. The maximum Gasteiger partial charge on any atom is 0.0500 e. The van der Waals surface area contributed by atoms with E-state index in [0.717, 1.165) is 6.42 Å². The van der Waals surface area contributed by atoms with Gasteiger partial charge in [-0.25, -0.2) is 0 Å². The lowest BCUT2D eigenvalue weighted by atomic mass is 9.96. The summed E-state index contributed by atoms with van der Waals surface area (Å²) in [5.74, 6) is 6.30. The van der Waals surface area contributed by atoms with Crippen LogP contribution < -0.4 is 11.3 Å². The van der Waals surface area contributed by atoms with Crippen molar-refractivity contribution in [3.8, 4) is 0 Å². The number of aryl methyl sites for hydroxylation is 1. The van der Waals surface area contributed by atoms with Crippen LogP contribution in [-0.2, 0) is 6.42 Å². The molecule has 0 amide bonds. The first-order valence-electron chi connectivity index (χ1n) is 7.21. The van der Waals surface area contributed by atoms with Gasteiger partial charge in [0.1, 0.15) is 0 Å². The molecule has 0 aromatic heterocycles. The molecule has 106 valence electrons. The minimum absolute atomic E-state index is 0.153. The average molecular weight is 268 g/mol. The van der Waals surface area contributed by atoms with Gasteiger partial charge in [0, 0.05) is 6.04 Å². The standard InChI is InChI=1S/C18H24N2/c1-13(2)16-9-7-15(8-10-16)12-18(20-19)17-6-4-5-14(3)11-17/h4-11,13,18,20H,12,19H2,1-3H3. The van der Waals surface area contributed by atoms with Crippen LogP contribution >= 0.6 is 0 Å². The third kappa shape index (κ3) is 3.69. The molecule has 2 rings (SSSR count). The molecule has 2 heteroatoms. The van der Waals surface area contributed by atoms with Crippen molar-refractivity contribution in [2.75, 3.05) is 0 Å². The van der Waals surface area contributed by atoms with Gasteiger partial charge < -0.3 is 0 Å². The summed E-state index contributed by atoms with van der Waals surface area (Å²) in [6.07, 6.45) is 0.901. The van der Waals surface area contributed by atoms with Gasteiger partial charge in [0.25, 0.3) is 0 Å². The van der Waals surface area contributed by atoms with Gasteiger partial charge in [-0.15, -0.1) is 0 Å². The number of rotatable bonds is 5. The van der Waals surface area contributed by atoms with Gasteiger partial charge in [-0.3, -0.25) is 11.3 Å². The number of benzene rings is 2. The Morgan fingerprint density at radius 1 is 1.00 bits per heavy atom. The molecule has 20 heavy (non-hydrogen) atoms. The summed E-state index contributed by atoms with van der Waals surface area (Å²) in [5, 5.41) is 0. The summed E-state index contributed by atoms with van der Waals surface area (Å²) in [6.45, 7) is 6.53. The van der Waals surface area contributed by atoms with Gasteiger partial charge in [-0.2, -0.15) is 0 Å². The Morgan fingerprint density at radius 3 is 2.25 bits per heavy atom. The molecule has 0 heterocycles. The topological polar surface area (TPSA) is 38.0 Å². The van der Waals surface area contributed by atoms with E-state index in [9.17, 15) is 0 Å². The molecule has 3 N–H and O–H groups in total. The first-order valence-corrected chi connectivity index (χ1v) is 7.21. The predicted molar refractivity (Wildman–Crippen MR) is 85.5 cm³/mol. The number of hydrogen-bond acceptors (Lipinski definition) is 2. The van der Waals surface area contributed by atoms with E-state index < -0.39 is 0 Å². The first kappa shape index (κ1) is 14.8. The highest BCUT2D eigenvalue weighted by Gasteiger charge is 2.11. The molecule has 1 unspecified atom stereocenters. The smallest absolute Gasteiger partial charge is 0.0500 e. The highest BCUT2D eigenvalue weighted by molar-refractivity contribution is 5.29. The lowest BCUT2D eigenvalue weighted by Crippen LogP contribution is -2.29. The SMILES string of the molecule is Cc1cccc(C(Cc2ccc(C(C)C)cc2)NN)c1. The second-order valence-corrected chi connectivity index (χ2v) is 5.73. The van der Waals surface area contributed by atoms with E-state index in [-0.39, 0.29) is 6.04 Å². The zero-order valence-corrected chi connectivity index (χ0v) is 12.6. The zero-order valence-electron chi connectivity index (χ0n) is 12.6. The quantitative estimate of drug-likeness (QED) is 0.638. The summed E-state index contributed by atoms with van der Waals surface area (Å²) in [7, 11) is 0. The number of hydrogen-bond donors (Lipinski definition) is 2. The molecule has 2 aromatic carbocycles. The molecule has 0 aliphatic heterocycles. The fraction of sp³-hybridized carbons (Fsp3) is 0.333. The van der Waals surface area contributed by atoms with E-state index in [0.29, 0.717) is 5.92 Å². The summed E-state index contributed by atoms with van der Waals surface area (Å²) >= 11 is 0. The van der Waals surface area contributed by atoms with Crippen molar-refractivity contribution in [3.63, 3.8) is 0 Å². The molecule has 2 nitrogen and oxygen atoms in total. The zero-order chi connectivity index (χ0) is 14.5. The van der Waals surface area contributed by atoms with Crippen LogP contribution in [0.4, 0.5) is 0 Å². The van der Waals surface area contributed by atoms with E-state index >= 15 is 0 Å². The van der Waals surface area contributed by atoms with Crippen molar-refractivity contribution in [2.24, 2.45) is 5.84 Å². The Balaban J connectivity index is 2.14. The van der Waals surface area contributed by atoms with Gasteiger partial charge in [-0.05, 0) is 36.0 Å². The fourth-order valence-corrected chi connectivity index (χ4v) is 2.43. The van der Waals surface area contributed by atoms with Crippen LogP contribution in [0, 0.1) is 6.92 Å². The van der Waals surface area contributed by atoms with E-state index in [1.54, 1.807) is 0 Å². The van der Waals surface area contributed by atoms with Gasteiger partial charge in [0.2, 0.25) is 0 Å². The Hall–Kier alpha value is -1.64. The molecular weight excluding hydrogens is 244 g/mol. The molecule has 2 aromatic rings. The maximum absolute atomic E-state index is 5.73. The lowest BCUT2D eigenvalue weighted by Gasteiger charge is -2.17. The molecule has 0 bridgehead atoms. The normalized spacial score (nSPS) is 12.7. The van der Waals surface area contributed by atoms with Crippen LogP contribution in [0.1, 0.15) is 48.1 Å². The first-order chi connectivity index (χ1) is 9.60. The van der Waals surface area contributed by atoms with Crippen LogP contribution in [0.5, 0.6) is 0 Å². The van der Waals surface area contributed by atoms with Crippen LogP contribution in [-0.4, -0.2) is 0 Å². The van der Waals surface area contributed by atoms with Crippen molar-refractivity contribution < 1.29 is 0 Å². The summed E-state index contributed by atoms with van der Waals surface area (Å²) in [6, 6.07) is 17.5. The Bertz CT molecular complexity index is 544.